The molecule has 98 valence electrons. The van der Waals surface area contributed by atoms with Gasteiger partial charge in [0.15, 0.2) is 5.78 Å². The van der Waals surface area contributed by atoms with Crippen molar-refractivity contribution in [3.63, 3.8) is 0 Å². The van der Waals surface area contributed by atoms with Crippen molar-refractivity contribution in [2.24, 2.45) is 0 Å². The maximum Gasteiger partial charge on any atom is 0.194 e. The van der Waals surface area contributed by atoms with Crippen LogP contribution in [0.25, 0.3) is 0 Å². The molecule has 2 aromatic carbocycles. The second kappa shape index (κ2) is 5.76. The molecule has 0 aromatic heterocycles. The van der Waals surface area contributed by atoms with E-state index in [1.165, 1.54) is 0 Å². The summed E-state index contributed by atoms with van der Waals surface area (Å²) in [4.78, 5) is 12.5. The van der Waals surface area contributed by atoms with E-state index in [-0.39, 0.29) is 5.78 Å². The Bertz CT molecular complexity index is 638. The van der Waals surface area contributed by atoms with E-state index >= 15 is 0 Å². The lowest BCUT2D eigenvalue weighted by molar-refractivity contribution is 0.103. The van der Waals surface area contributed by atoms with Crippen molar-refractivity contribution in [3.8, 4) is 5.75 Å². The minimum absolute atomic E-state index is 0.0912. The van der Waals surface area contributed by atoms with Crippen LogP contribution in [0.2, 0.25) is 5.02 Å². The largest absolute Gasteiger partial charge is 0.497 e. The maximum atomic E-state index is 12.5. The Kier molecular flexibility index (Phi) is 4.27. The fraction of sp³-hybridized carbons (Fsp3) is 0.133. The van der Waals surface area contributed by atoms with Gasteiger partial charge in [0.2, 0.25) is 0 Å². The fourth-order valence-electron chi connectivity index (χ4n) is 1.84. The smallest absolute Gasteiger partial charge is 0.194 e. The number of ether oxygens (including phenoxy) is 1. The van der Waals surface area contributed by atoms with Gasteiger partial charge in [-0.2, -0.15) is 0 Å². The van der Waals surface area contributed by atoms with Crippen molar-refractivity contribution in [1.29, 1.82) is 0 Å². The van der Waals surface area contributed by atoms with Crippen LogP contribution in [0.15, 0.2) is 40.9 Å². The van der Waals surface area contributed by atoms with Crippen molar-refractivity contribution in [1.82, 2.24) is 0 Å². The minimum atomic E-state index is -0.0912. The number of rotatable bonds is 3. The molecule has 4 heteroatoms. The number of carbonyl (C=O) groups is 1. The van der Waals surface area contributed by atoms with Crippen LogP contribution in [0.4, 0.5) is 0 Å². The lowest BCUT2D eigenvalue weighted by Gasteiger charge is -2.09. The second-order valence-electron chi connectivity index (χ2n) is 4.11. The van der Waals surface area contributed by atoms with E-state index in [0.717, 1.165) is 11.3 Å². The SMILES string of the molecule is COc1ccc(C(=O)c2cccc(Br)c2Cl)c(C)c1. The summed E-state index contributed by atoms with van der Waals surface area (Å²) in [5, 5.41) is 0.433. The van der Waals surface area contributed by atoms with E-state index in [2.05, 4.69) is 15.9 Å². The third-order valence-corrected chi connectivity index (χ3v) is 4.17. The van der Waals surface area contributed by atoms with Crippen molar-refractivity contribution in [2.75, 3.05) is 7.11 Å². The average molecular weight is 340 g/mol. The van der Waals surface area contributed by atoms with Gasteiger partial charge >= 0.3 is 0 Å². The van der Waals surface area contributed by atoms with Gasteiger partial charge < -0.3 is 4.74 Å². The lowest BCUT2D eigenvalue weighted by Crippen LogP contribution is -2.05. The summed E-state index contributed by atoms with van der Waals surface area (Å²) in [6.07, 6.45) is 0. The minimum Gasteiger partial charge on any atom is -0.497 e. The molecule has 0 atom stereocenters. The third-order valence-electron chi connectivity index (χ3n) is 2.87. The van der Waals surface area contributed by atoms with E-state index in [9.17, 15) is 4.79 Å². The number of aryl methyl sites for hydroxylation is 1. The standard InChI is InChI=1S/C15H12BrClO2/c1-9-8-10(19-2)6-7-11(9)15(18)12-4-3-5-13(16)14(12)17/h3-8H,1-2H3. The van der Waals surface area contributed by atoms with Crippen LogP contribution in [0.5, 0.6) is 5.75 Å². The monoisotopic (exact) mass is 338 g/mol. The van der Waals surface area contributed by atoms with Crippen molar-refractivity contribution >= 4 is 33.3 Å². The van der Waals surface area contributed by atoms with E-state index < -0.39 is 0 Å². The molecule has 2 rings (SSSR count). The van der Waals surface area contributed by atoms with Gasteiger partial charge in [-0.3, -0.25) is 4.79 Å². The summed E-state index contributed by atoms with van der Waals surface area (Å²) in [6, 6.07) is 10.7. The van der Waals surface area contributed by atoms with Gasteiger partial charge in [-0.05, 0) is 58.7 Å². The summed E-state index contributed by atoms with van der Waals surface area (Å²) >= 11 is 9.48. The Labute approximate surface area is 125 Å². The molecule has 0 fully saturated rings. The highest BCUT2D eigenvalue weighted by molar-refractivity contribution is 9.10. The van der Waals surface area contributed by atoms with Crippen molar-refractivity contribution in [2.45, 2.75) is 6.92 Å². The molecular weight excluding hydrogens is 328 g/mol. The first kappa shape index (κ1) is 14.1. The number of ketones is 1. The van der Waals surface area contributed by atoms with Gasteiger partial charge in [-0.15, -0.1) is 0 Å². The van der Waals surface area contributed by atoms with Crippen LogP contribution in [-0.4, -0.2) is 12.9 Å². The molecule has 0 aliphatic carbocycles. The molecule has 0 saturated carbocycles. The number of hydrogen-bond acceptors (Lipinski definition) is 2. The number of halogens is 2. The Morgan fingerprint density at radius 3 is 2.58 bits per heavy atom. The van der Waals surface area contributed by atoms with E-state index in [1.807, 2.05) is 13.0 Å². The fourth-order valence-corrected chi connectivity index (χ4v) is 2.42. The number of methoxy groups -OCH3 is 1. The van der Waals surface area contributed by atoms with Crippen molar-refractivity contribution in [3.05, 3.63) is 62.6 Å². The molecule has 0 spiro atoms. The van der Waals surface area contributed by atoms with Gasteiger partial charge in [0.1, 0.15) is 5.75 Å². The highest BCUT2D eigenvalue weighted by Gasteiger charge is 2.16. The third kappa shape index (κ3) is 2.82. The molecular formula is C15H12BrClO2. The number of carbonyl (C=O) groups excluding carboxylic acids is 1. The van der Waals surface area contributed by atoms with Gasteiger partial charge in [0.25, 0.3) is 0 Å². The zero-order valence-corrected chi connectivity index (χ0v) is 12.9. The van der Waals surface area contributed by atoms with Gasteiger partial charge in [0, 0.05) is 15.6 Å². The summed E-state index contributed by atoms with van der Waals surface area (Å²) in [5.41, 5.74) is 1.98. The zero-order valence-electron chi connectivity index (χ0n) is 10.5. The van der Waals surface area contributed by atoms with Crippen LogP contribution < -0.4 is 4.74 Å². The van der Waals surface area contributed by atoms with E-state index in [4.69, 9.17) is 16.3 Å². The topological polar surface area (TPSA) is 26.3 Å². The number of hydrogen-bond donors (Lipinski definition) is 0. The molecule has 0 N–H and O–H groups in total. The van der Waals surface area contributed by atoms with Crippen LogP contribution in [0.1, 0.15) is 21.5 Å². The first-order chi connectivity index (χ1) is 9.04. The van der Waals surface area contributed by atoms with Crippen LogP contribution in [-0.2, 0) is 0 Å². The highest BCUT2D eigenvalue weighted by Crippen LogP contribution is 2.29. The van der Waals surface area contributed by atoms with Gasteiger partial charge in [-0.25, -0.2) is 0 Å². The molecule has 0 aliphatic rings. The van der Waals surface area contributed by atoms with E-state index in [1.54, 1.807) is 37.4 Å². The predicted octanol–water partition coefficient (Wildman–Crippen LogP) is 4.65. The maximum absolute atomic E-state index is 12.5. The normalized spacial score (nSPS) is 10.3. The summed E-state index contributed by atoms with van der Waals surface area (Å²) in [6.45, 7) is 1.88. The zero-order chi connectivity index (χ0) is 14.0. The van der Waals surface area contributed by atoms with Gasteiger partial charge in [0.05, 0.1) is 12.1 Å². The number of benzene rings is 2. The summed E-state index contributed by atoms with van der Waals surface area (Å²) in [7, 11) is 1.60. The molecule has 19 heavy (non-hydrogen) atoms. The molecule has 0 radical (unpaired) electrons. The predicted molar refractivity (Wildman–Crippen MR) is 80.3 cm³/mol. The first-order valence-corrected chi connectivity index (χ1v) is 6.85. The van der Waals surface area contributed by atoms with Gasteiger partial charge in [-0.1, -0.05) is 17.7 Å². The molecule has 0 heterocycles. The molecule has 0 bridgehead atoms. The quantitative estimate of drug-likeness (QED) is 0.761. The molecule has 2 nitrogen and oxygen atoms in total. The van der Waals surface area contributed by atoms with Crippen LogP contribution in [0.3, 0.4) is 0 Å². The highest BCUT2D eigenvalue weighted by atomic mass is 79.9. The Balaban J connectivity index is 2.47. The van der Waals surface area contributed by atoms with E-state index in [0.29, 0.717) is 20.6 Å². The molecule has 2 aromatic rings. The Morgan fingerprint density at radius 1 is 1.21 bits per heavy atom. The average Bonchev–Trinajstić information content (AvgIpc) is 2.41. The lowest BCUT2D eigenvalue weighted by atomic mass is 9.99. The molecule has 0 aliphatic heterocycles. The molecule has 0 unspecified atom stereocenters. The first-order valence-electron chi connectivity index (χ1n) is 5.68. The Hall–Kier alpha value is -1.32. The summed E-state index contributed by atoms with van der Waals surface area (Å²) in [5.74, 6) is 0.640. The molecule has 0 amide bonds. The second-order valence-corrected chi connectivity index (χ2v) is 5.34. The van der Waals surface area contributed by atoms with Crippen LogP contribution >= 0.6 is 27.5 Å². The van der Waals surface area contributed by atoms with Crippen LogP contribution in [0, 0.1) is 6.92 Å². The molecule has 0 saturated heterocycles. The van der Waals surface area contributed by atoms with Crippen molar-refractivity contribution < 1.29 is 9.53 Å². The Morgan fingerprint density at radius 2 is 1.95 bits per heavy atom. The summed E-state index contributed by atoms with van der Waals surface area (Å²) < 4.78 is 5.85.